The number of pyridine rings is 6. The molecule has 0 saturated carbocycles. The van der Waals surface area contributed by atoms with Gasteiger partial charge in [0.1, 0.15) is 30.2 Å². The third-order valence-corrected chi connectivity index (χ3v) is 12.0. The quantitative estimate of drug-likeness (QED) is 0.0228. The van der Waals surface area contributed by atoms with Crippen LogP contribution in [0.25, 0.3) is 22.8 Å². The molecule has 0 aliphatic heterocycles. The van der Waals surface area contributed by atoms with Gasteiger partial charge in [0.25, 0.3) is 5.91 Å². The molecule has 7 amide bonds. The summed E-state index contributed by atoms with van der Waals surface area (Å²) >= 11 is 0. The first-order valence-electron chi connectivity index (χ1n) is 27.5. The van der Waals surface area contributed by atoms with Gasteiger partial charge in [-0.3, -0.25) is 82.6 Å². The van der Waals surface area contributed by atoms with Crippen molar-refractivity contribution >= 4 is 65.2 Å². The Balaban J connectivity index is 0.000000874. The van der Waals surface area contributed by atoms with Gasteiger partial charge in [-0.05, 0) is 130 Å². The summed E-state index contributed by atoms with van der Waals surface area (Å²) in [5.74, 6) is -12.2. The number of amides is 7. The maximum absolute atomic E-state index is 13.6. The minimum atomic E-state index is -1.79. The van der Waals surface area contributed by atoms with E-state index >= 15 is 0 Å². The number of carbonyl (C=O) groups is 11. The van der Waals surface area contributed by atoms with Gasteiger partial charge in [0.15, 0.2) is 0 Å². The molecule has 6 rings (SSSR count). The van der Waals surface area contributed by atoms with E-state index in [0.717, 1.165) is 23.9 Å². The molecular weight excluding hydrogens is 1240 g/mol. The maximum Gasteiger partial charge on any atom is 2.00 e. The summed E-state index contributed by atoms with van der Waals surface area (Å²) < 4.78 is 0. The molecule has 6 aromatic rings. The fourth-order valence-corrected chi connectivity index (χ4v) is 7.59. The third-order valence-electron chi connectivity index (χ3n) is 12.0. The minimum Gasteiger partial charge on any atom is -0.481 e. The maximum atomic E-state index is 13.6. The summed E-state index contributed by atoms with van der Waals surface area (Å²) in [6.45, 7) is 3.08. The largest absolute Gasteiger partial charge is 2.00 e. The van der Waals surface area contributed by atoms with Gasteiger partial charge in [0.2, 0.25) is 35.4 Å². The second-order valence-corrected chi connectivity index (χ2v) is 19.0. The molecule has 0 aliphatic rings. The van der Waals surface area contributed by atoms with E-state index in [9.17, 15) is 68.1 Å². The number of carbonyl (C=O) groups excluding carboxylic acids is 7. The Labute approximate surface area is 524 Å². The average Bonchev–Trinajstić information content (AvgIpc) is 3.71. The molecular formula is C60H71N13O15Ru+2. The summed E-state index contributed by atoms with van der Waals surface area (Å²) in [6.07, 6.45) is 9.22. The molecule has 0 aromatic carbocycles. The van der Waals surface area contributed by atoms with Gasteiger partial charge >= 0.3 is 43.4 Å². The Bertz CT molecular complexity index is 3070. The van der Waals surface area contributed by atoms with Crippen LogP contribution in [-0.2, 0) is 67.4 Å². The van der Waals surface area contributed by atoms with Gasteiger partial charge in [-0.15, -0.1) is 0 Å². The van der Waals surface area contributed by atoms with Crippen molar-refractivity contribution in [1.82, 2.24) is 61.8 Å². The van der Waals surface area contributed by atoms with Crippen molar-refractivity contribution in [3.05, 3.63) is 158 Å². The van der Waals surface area contributed by atoms with Crippen molar-refractivity contribution in [2.45, 2.75) is 115 Å². The van der Waals surface area contributed by atoms with E-state index in [2.05, 4.69) is 61.8 Å². The second kappa shape index (κ2) is 42.5. The van der Waals surface area contributed by atoms with Crippen LogP contribution in [0.3, 0.4) is 0 Å². The number of hydrogen-bond donors (Lipinski definition) is 11. The summed E-state index contributed by atoms with van der Waals surface area (Å²) in [5.41, 5.74) is 9.71. The molecule has 29 heteroatoms. The Morgan fingerprint density at radius 3 is 1.13 bits per heavy atom. The standard InChI is InChI=1S/C40H53N9O15.C10H8N2.2C5H5N.Ru/c1-21-14-17-42-29(19-21)30-20-23(15-18-43-30)36(60)44-16-4-3-5-24(35(41)59)46-38(62)26(7-11-32(53)54)48-40(64)28(9-13-34(57)58)49-39(63)27(8-12-33(55)56)47-37(61)25(45-22(2)50)6-10-31(51)52;1-3-7-11-9(5-1)10-6-2-4-8-12-10;2*1-2-4-6-5-3-1;/h14-15,17-20,24-28H,3-13,16H2,1-2H3,(H2,41,59)(H,44,60)(H,45,50)(H,46,62)(H,47,61)(H,48,64)(H,49,63)(H,51,52)(H,53,54)(H,55,56)(H,57,58);1-8H;2*1-5H;/q;;;;+2/t24-,25-,26-,27-,28-;;;;/m0..../s1. The fourth-order valence-electron chi connectivity index (χ4n) is 7.59. The van der Waals surface area contributed by atoms with Crippen molar-refractivity contribution in [3.8, 4) is 22.8 Å². The van der Waals surface area contributed by atoms with Crippen molar-refractivity contribution in [3.63, 3.8) is 0 Å². The average molecular weight is 1320 g/mol. The Kier molecular flexibility index (Phi) is 35.7. The number of rotatable bonds is 30. The third kappa shape index (κ3) is 32.1. The van der Waals surface area contributed by atoms with E-state index in [1.54, 1.807) is 49.4 Å². The zero-order chi connectivity index (χ0) is 64.6. The number of aliphatic carboxylic acids is 4. The number of aromatic nitrogens is 6. The second-order valence-electron chi connectivity index (χ2n) is 19.0. The first kappa shape index (κ1) is 74.8. The number of primary amides is 1. The van der Waals surface area contributed by atoms with Crippen LogP contribution in [-0.4, -0.2) is 152 Å². The van der Waals surface area contributed by atoms with E-state index in [0.29, 0.717) is 23.4 Å². The normalized spacial score (nSPS) is 11.8. The van der Waals surface area contributed by atoms with Crippen LogP contribution in [0.2, 0.25) is 0 Å². The molecule has 0 bridgehead atoms. The molecule has 12 N–H and O–H groups in total. The first-order valence-corrected chi connectivity index (χ1v) is 27.5. The molecule has 6 aromatic heterocycles. The first-order chi connectivity index (χ1) is 42.1. The van der Waals surface area contributed by atoms with Crippen LogP contribution < -0.4 is 37.6 Å². The van der Waals surface area contributed by atoms with Gasteiger partial charge in [0.05, 0.1) is 22.8 Å². The number of aryl methyl sites for hydroxylation is 1. The predicted octanol–water partition coefficient (Wildman–Crippen LogP) is 3.04. The molecule has 0 spiro atoms. The van der Waals surface area contributed by atoms with Crippen LogP contribution >= 0.6 is 0 Å². The number of hydrogen-bond acceptors (Lipinski definition) is 17. The SMILES string of the molecule is CC(=O)N[C@@H](CCC(=O)O)C(=O)N[C@@H](CCC(=O)O)C(=O)N[C@@H](CCC(=O)O)C(=O)N[C@@H](CCC(=O)O)C(=O)N[C@@H](CCCCNC(=O)c1ccnc(-c2cc(C)ccn2)c1)C(N)=O.[Ru+2].c1ccc(-c2ccccn2)nc1.c1ccncc1.c1ccncc1. The summed E-state index contributed by atoms with van der Waals surface area (Å²) in [4.78, 5) is 160. The molecule has 472 valence electrons. The van der Waals surface area contributed by atoms with Gasteiger partial charge < -0.3 is 58.1 Å². The molecule has 0 unspecified atom stereocenters. The van der Waals surface area contributed by atoms with Gasteiger partial charge in [0, 0.05) is 94.3 Å². The van der Waals surface area contributed by atoms with Crippen LogP contribution in [0.15, 0.2) is 147 Å². The smallest absolute Gasteiger partial charge is 0.481 e. The van der Waals surface area contributed by atoms with Gasteiger partial charge in [-0.25, -0.2) is 0 Å². The van der Waals surface area contributed by atoms with E-state index in [1.807, 2.05) is 91.9 Å². The van der Waals surface area contributed by atoms with E-state index < -0.39 is 147 Å². The van der Waals surface area contributed by atoms with E-state index in [1.165, 1.54) is 12.3 Å². The van der Waals surface area contributed by atoms with Crippen LogP contribution in [0.5, 0.6) is 0 Å². The number of nitrogens with one attached hydrogen (secondary N) is 6. The number of nitrogens with zero attached hydrogens (tertiary/aromatic N) is 6. The molecule has 0 saturated heterocycles. The molecule has 89 heavy (non-hydrogen) atoms. The predicted molar refractivity (Wildman–Crippen MR) is 316 cm³/mol. The Hall–Kier alpha value is -10.3. The molecule has 6 heterocycles. The molecule has 28 nitrogen and oxygen atoms in total. The van der Waals surface area contributed by atoms with E-state index in [4.69, 9.17) is 10.8 Å². The summed E-state index contributed by atoms with van der Waals surface area (Å²) in [6, 6.07) is 21.7. The molecule has 0 aliphatic carbocycles. The Morgan fingerprint density at radius 1 is 0.427 bits per heavy atom. The van der Waals surface area contributed by atoms with Crippen LogP contribution in [0.4, 0.5) is 0 Å². The zero-order valence-electron chi connectivity index (χ0n) is 48.6. The van der Waals surface area contributed by atoms with Crippen LogP contribution in [0, 0.1) is 6.92 Å². The fraction of sp³-hybridized carbons (Fsp3) is 0.317. The van der Waals surface area contributed by atoms with Crippen LogP contribution in [0.1, 0.15) is 93.5 Å². The monoisotopic (exact) mass is 1320 g/mol. The van der Waals surface area contributed by atoms with E-state index in [-0.39, 0.29) is 38.9 Å². The van der Waals surface area contributed by atoms with Crippen molar-refractivity contribution in [1.29, 1.82) is 0 Å². The zero-order valence-corrected chi connectivity index (χ0v) is 50.4. The van der Waals surface area contributed by atoms with Crippen molar-refractivity contribution < 1.29 is 92.6 Å². The number of carboxylic acids is 4. The van der Waals surface area contributed by atoms with Gasteiger partial charge in [-0.1, -0.05) is 24.3 Å². The summed E-state index contributed by atoms with van der Waals surface area (Å²) in [5, 5.41) is 51.0. The summed E-state index contributed by atoms with van der Waals surface area (Å²) in [7, 11) is 0. The van der Waals surface area contributed by atoms with Crippen molar-refractivity contribution in [2.75, 3.05) is 6.54 Å². The molecule has 0 radical (unpaired) electrons. The minimum absolute atomic E-state index is 0. The topological polar surface area (TPSA) is 444 Å². The number of carboxylic acid groups (broad SMARTS) is 4. The molecule has 5 atom stereocenters. The number of unbranched alkanes of at least 4 members (excludes halogenated alkanes) is 1. The molecule has 0 fully saturated rings. The van der Waals surface area contributed by atoms with Crippen molar-refractivity contribution in [2.24, 2.45) is 5.73 Å². The Morgan fingerprint density at radius 2 is 0.798 bits per heavy atom. The van der Waals surface area contributed by atoms with Gasteiger partial charge in [-0.2, -0.15) is 0 Å². The number of nitrogens with two attached hydrogens (primary N) is 1.